The smallest absolute Gasteiger partial charge is 0.146 e. The van der Waals surface area contributed by atoms with Gasteiger partial charge in [-0.15, -0.1) is 0 Å². The maximum Gasteiger partial charge on any atom is 0.146 e. The lowest BCUT2D eigenvalue weighted by Crippen LogP contribution is -2.32. The maximum atomic E-state index is 14.2. The Kier molecular flexibility index (Phi) is 5.34. The molecule has 0 spiro atoms. The van der Waals surface area contributed by atoms with Gasteiger partial charge >= 0.3 is 0 Å². The first-order valence-electron chi connectivity index (χ1n) is 7.25. The van der Waals surface area contributed by atoms with E-state index in [1.54, 1.807) is 0 Å². The Morgan fingerprint density at radius 3 is 2.75 bits per heavy atom. The second kappa shape index (κ2) is 7.02. The monoisotopic (exact) mass is 281 g/mol. The van der Waals surface area contributed by atoms with Crippen molar-refractivity contribution in [1.82, 2.24) is 4.90 Å². The maximum absolute atomic E-state index is 14.2. The summed E-state index contributed by atoms with van der Waals surface area (Å²) < 4.78 is 14.2. The Morgan fingerprint density at radius 2 is 2.10 bits per heavy atom. The van der Waals surface area contributed by atoms with Crippen LogP contribution in [0.5, 0.6) is 0 Å². The molecule has 1 aromatic carbocycles. The van der Waals surface area contributed by atoms with E-state index >= 15 is 0 Å². The molecule has 0 aromatic heterocycles. The van der Waals surface area contributed by atoms with Crippen molar-refractivity contribution >= 4 is 5.69 Å². The Morgan fingerprint density at radius 1 is 1.30 bits per heavy atom. The summed E-state index contributed by atoms with van der Waals surface area (Å²) in [5.41, 5.74) is 7.25. The van der Waals surface area contributed by atoms with Crippen LogP contribution in [-0.4, -0.2) is 49.3 Å². The number of hydrogen-bond donors (Lipinski definition) is 2. The number of anilines is 1. The highest BCUT2D eigenvalue weighted by Crippen LogP contribution is 2.23. The van der Waals surface area contributed by atoms with E-state index in [1.165, 1.54) is 6.07 Å². The van der Waals surface area contributed by atoms with Gasteiger partial charge in [0, 0.05) is 32.2 Å². The number of nitrogens with zero attached hydrogens (tertiary/aromatic N) is 2. The first kappa shape index (κ1) is 15.2. The van der Waals surface area contributed by atoms with E-state index < -0.39 is 0 Å². The molecule has 112 valence electrons. The largest absolute Gasteiger partial charge is 0.395 e. The van der Waals surface area contributed by atoms with Crippen LogP contribution < -0.4 is 10.6 Å². The molecule has 0 bridgehead atoms. The third-order valence-corrected chi connectivity index (χ3v) is 3.84. The number of nitrogens with two attached hydrogens (primary N) is 1. The van der Waals surface area contributed by atoms with Crippen molar-refractivity contribution in [1.29, 1.82) is 0 Å². The highest BCUT2D eigenvalue weighted by atomic mass is 19.1. The Balaban J connectivity index is 2.07. The number of aliphatic hydroxyl groups excluding tert-OH is 1. The van der Waals surface area contributed by atoms with Gasteiger partial charge in [-0.05, 0) is 37.6 Å². The van der Waals surface area contributed by atoms with Gasteiger partial charge in [0.2, 0.25) is 0 Å². The van der Waals surface area contributed by atoms with Gasteiger partial charge in [-0.3, -0.25) is 4.90 Å². The summed E-state index contributed by atoms with van der Waals surface area (Å²) in [6, 6.07) is 5.12. The zero-order valence-electron chi connectivity index (χ0n) is 12.1. The van der Waals surface area contributed by atoms with Gasteiger partial charge in [0.1, 0.15) is 5.82 Å². The molecule has 4 nitrogen and oxygen atoms in total. The number of halogens is 1. The molecule has 1 fully saturated rings. The third kappa shape index (κ3) is 3.69. The van der Waals surface area contributed by atoms with Crippen LogP contribution in [0.15, 0.2) is 18.2 Å². The average Bonchev–Trinajstić information content (AvgIpc) is 2.65. The van der Waals surface area contributed by atoms with E-state index in [0.717, 1.165) is 38.2 Å². The second-order valence-corrected chi connectivity index (χ2v) is 5.41. The van der Waals surface area contributed by atoms with Crippen LogP contribution in [0.3, 0.4) is 0 Å². The molecular weight excluding hydrogens is 257 g/mol. The molecule has 0 amide bonds. The van der Waals surface area contributed by atoms with Gasteiger partial charge in [0.15, 0.2) is 0 Å². The molecule has 5 heteroatoms. The van der Waals surface area contributed by atoms with E-state index in [1.807, 2.05) is 19.1 Å². The van der Waals surface area contributed by atoms with E-state index in [0.29, 0.717) is 12.2 Å². The van der Waals surface area contributed by atoms with E-state index in [4.69, 9.17) is 10.8 Å². The molecule has 0 radical (unpaired) electrons. The van der Waals surface area contributed by atoms with E-state index in [9.17, 15) is 4.39 Å². The number of hydrogen-bond acceptors (Lipinski definition) is 4. The third-order valence-electron chi connectivity index (χ3n) is 3.84. The highest BCUT2D eigenvalue weighted by Gasteiger charge is 2.17. The number of aliphatic hydroxyl groups is 1. The minimum atomic E-state index is -0.199. The van der Waals surface area contributed by atoms with Crippen molar-refractivity contribution in [2.45, 2.75) is 19.4 Å². The highest BCUT2D eigenvalue weighted by molar-refractivity contribution is 5.49. The predicted octanol–water partition coefficient (Wildman–Crippen LogP) is 1.35. The van der Waals surface area contributed by atoms with Crippen LogP contribution in [0.1, 0.15) is 24.9 Å². The van der Waals surface area contributed by atoms with Crippen molar-refractivity contribution in [2.24, 2.45) is 5.73 Å². The van der Waals surface area contributed by atoms with Crippen LogP contribution in [0.4, 0.5) is 10.1 Å². The summed E-state index contributed by atoms with van der Waals surface area (Å²) in [5.74, 6) is -0.199. The minimum absolute atomic E-state index is 0.150. The van der Waals surface area contributed by atoms with Crippen molar-refractivity contribution in [3.63, 3.8) is 0 Å². The lowest BCUT2D eigenvalue weighted by Gasteiger charge is -2.24. The summed E-state index contributed by atoms with van der Waals surface area (Å²) in [6.07, 6.45) is 0.981. The molecule has 1 saturated heterocycles. The lowest BCUT2D eigenvalue weighted by atomic mass is 10.1. The Labute approximate surface area is 120 Å². The SMILES string of the molecule is CC(N)c1ccc(N2CCCN(CCO)CC2)c(F)c1. The van der Waals surface area contributed by atoms with Gasteiger partial charge in [-0.25, -0.2) is 4.39 Å². The molecule has 1 unspecified atom stereocenters. The first-order valence-corrected chi connectivity index (χ1v) is 7.25. The zero-order chi connectivity index (χ0) is 14.5. The molecule has 1 aliphatic heterocycles. The zero-order valence-corrected chi connectivity index (χ0v) is 12.1. The molecule has 20 heavy (non-hydrogen) atoms. The number of rotatable bonds is 4. The van der Waals surface area contributed by atoms with Crippen molar-refractivity contribution in [3.05, 3.63) is 29.6 Å². The molecule has 0 saturated carbocycles. The summed E-state index contributed by atoms with van der Waals surface area (Å²) >= 11 is 0. The molecular formula is C15H24FN3O. The first-order chi connectivity index (χ1) is 9.61. The van der Waals surface area contributed by atoms with Gasteiger partial charge in [-0.2, -0.15) is 0 Å². The fourth-order valence-electron chi connectivity index (χ4n) is 2.64. The molecule has 1 heterocycles. The standard InChI is InChI=1S/C15H24FN3O/c1-12(17)13-3-4-15(14(16)11-13)19-6-2-5-18(7-8-19)9-10-20/h3-4,11-12,20H,2,5-10,17H2,1H3. The van der Waals surface area contributed by atoms with Gasteiger partial charge in [0.05, 0.1) is 12.3 Å². The van der Waals surface area contributed by atoms with Crippen LogP contribution >= 0.6 is 0 Å². The quantitative estimate of drug-likeness (QED) is 0.875. The summed E-state index contributed by atoms with van der Waals surface area (Å²) in [6.45, 7) is 6.17. The van der Waals surface area contributed by atoms with Gasteiger partial charge in [-0.1, -0.05) is 6.07 Å². The van der Waals surface area contributed by atoms with Crippen LogP contribution in [0, 0.1) is 5.82 Å². The second-order valence-electron chi connectivity index (χ2n) is 5.41. The lowest BCUT2D eigenvalue weighted by molar-refractivity contribution is 0.204. The molecule has 2 rings (SSSR count). The van der Waals surface area contributed by atoms with Crippen LogP contribution in [-0.2, 0) is 0 Å². The number of benzene rings is 1. The van der Waals surface area contributed by atoms with Crippen molar-refractivity contribution in [3.8, 4) is 0 Å². The number of β-amino-alcohol motifs (C(OH)–C–C–N with tert-alkyl or cyclic N) is 1. The fraction of sp³-hybridized carbons (Fsp3) is 0.600. The van der Waals surface area contributed by atoms with Gasteiger partial charge < -0.3 is 15.7 Å². The normalized spacial score (nSPS) is 18.9. The van der Waals surface area contributed by atoms with E-state index in [-0.39, 0.29) is 18.5 Å². The molecule has 1 aromatic rings. The average molecular weight is 281 g/mol. The minimum Gasteiger partial charge on any atom is -0.395 e. The Hall–Kier alpha value is -1.17. The summed E-state index contributed by atoms with van der Waals surface area (Å²) in [7, 11) is 0. The summed E-state index contributed by atoms with van der Waals surface area (Å²) in [5, 5.41) is 8.99. The van der Waals surface area contributed by atoms with Crippen LogP contribution in [0.2, 0.25) is 0 Å². The molecule has 1 atom stereocenters. The molecule has 1 aliphatic rings. The van der Waals surface area contributed by atoms with E-state index in [2.05, 4.69) is 9.80 Å². The Bertz CT molecular complexity index is 439. The fourth-order valence-corrected chi connectivity index (χ4v) is 2.64. The topological polar surface area (TPSA) is 52.7 Å². The predicted molar refractivity (Wildman–Crippen MR) is 79.4 cm³/mol. The molecule has 0 aliphatic carbocycles. The van der Waals surface area contributed by atoms with Gasteiger partial charge in [0.25, 0.3) is 0 Å². The summed E-state index contributed by atoms with van der Waals surface area (Å²) in [4.78, 5) is 4.30. The molecule has 3 N–H and O–H groups in total. The van der Waals surface area contributed by atoms with Crippen molar-refractivity contribution < 1.29 is 9.50 Å². The van der Waals surface area contributed by atoms with Crippen molar-refractivity contribution in [2.75, 3.05) is 44.2 Å². The van der Waals surface area contributed by atoms with Crippen LogP contribution in [0.25, 0.3) is 0 Å².